The van der Waals surface area contributed by atoms with Crippen LogP contribution in [0.5, 0.6) is 0 Å². The number of carbonyl (C=O) groups is 1. The minimum atomic E-state index is -0.596. The van der Waals surface area contributed by atoms with E-state index in [1.807, 2.05) is 12.1 Å². The summed E-state index contributed by atoms with van der Waals surface area (Å²) in [6.07, 6.45) is 1.46. The lowest BCUT2D eigenvalue weighted by Gasteiger charge is -2.05. The van der Waals surface area contributed by atoms with Crippen molar-refractivity contribution in [2.24, 2.45) is 0 Å². The summed E-state index contributed by atoms with van der Waals surface area (Å²) in [4.78, 5) is 12.1. The molecule has 6 heteroatoms. The molecule has 2 aromatic rings. The number of halogens is 3. The molecular weight excluding hydrogens is 371 g/mol. The van der Waals surface area contributed by atoms with Gasteiger partial charge in [0.2, 0.25) is 0 Å². The highest BCUT2D eigenvalue weighted by Crippen LogP contribution is 2.21. The Hall–Kier alpha value is -2.16. The highest BCUT2D eigenvalue weighted by molar-refractivity contribution is 9.10. The average molecular weight is 380 g/mol. The summed E-state index contributed by atoms with van der Waals surface area (Å²) in [5.74, 6) is -1.18. The van der Waals surface area contributed by atoms with Crippen molar-refractivity contribution in [3.05, 3.63) is 68.9 Å². The summed E-state index contributed by atoms with van der Waals surface area (Å²) >= 11 is 8.99. The first-order valence-electron chi connectivity index (χ1n) is 6.14. The summed E-state index contributed by atoms with van der Waals surface area (Å²) in [7, 11) is 0. The van der Waals surface area contributed by atoms with Gasteiger partial charge < -0.3 is 5.32 Å². The van der Waals surface area contributed by atoms with Gasteiger partial charge in [-0.2, -0.15) is 5.26 Å². The van der Waals surface area contributed by atoms with Crippen LogP contribution < -0.4 is 5.32 Å². The molecule has 0 heterocycles. The molecule has 1 amide bonds. The largest absolute Gasteiger partial charge is 0.321 e. The van der Waals surface area contributed by atoms with E-state index < -0.39 is 11.7 Å². The second-order valence-corrected chi connectivity index (χ2v) is 5.54. The van der Waals surface area contributed by atoms with Gasteiger partial charge in [0.05, 0.1) is 5.02 Å². The lowest BCUT2D eigenvalue weighted by molar-refractivity contribution is -0.112. The third-order valence-corrected chi connectivity index (χ3v) is 3.76. The molecule has 2 rings (SSSR count). The fraction of sp³-hybridized carbons (Fsp3) is 0. The van der Waals surface area contributed by atoms with E-state index in [9.17, 15) is 9.18 Å². The van der Waals surface area contributed by atoms with E-state index in [0.29, 0.717) is 11.3 Å². The van der Waals surface area contributed by atoms with E-state index in [2.05, 4.69) is 21.2 Å². The summed E-state index contributed by atoms with van der Waals surface area (Å²) in [5, 5.41) is 11.5. The molecule has 0 atom stereocenters. The molecule has 110 valence electrons. The summed E-state index contributed by atoms with van der Waals surface area (Å²) in [5.41, 5.74) is 0.934. The van der Waals surface area contributed by atoms with Gasteiger partial charge in [0.1, 0.15) is 17.5 Å². The van der Waals surface area contributed by atoms with Crippen molar-refractivity contribution in [2.75, 3.05) is 5.32 Å². The minimum Gasteiger partial charge on any atom is -0.321 e. The van der Waals surface area contributed by atoms with Crippen LogP contribution in [-0.2, 0) is 4.79 Å². The molecule has 0 radical (unpaired) electrons. The van der Waals surface area contributed by atoms with E-state index in [-0.39, 0.29) is 10.6 Å². The molecule has 0 aliphatic heterocycles. The number of carbonyl (C=O) groups excluding carboxylic acids is 1. The zero-order valence-electron chi connectivity index (χ0n) is 11.1. The van der Waals surface area contributed by atoms with Crippen LogP contribution in [0.1, 0.15) is 5.56 Å². The van der Waals surface area contributed by atoms with Gasteiger partial charge in [-0.15, -0.1) is 0 Å². The van der Waals surface area contributed by atoms with Gasteiger partial charge in [0.15, 0.2) is 0 Å². The molecule has 0 fully saturated rings. The Labute approximate surface area is 140 Å². The van der Waals surface area contributed by atoms with Crippen molar-refractivity contribution in [1.82, 2.24) is 0 Å². The quantitative estimate of drug-likeness (QED) is 0.616. The van der Waals surface area contributed by atoms with Crippen molar-refractivity contribution in [3.8, 4) is 6.07 Å². The minimum absolute atomic E-state index is 0.0765. The fourth-order valence-corrected chi connectivity index (χ4v) is 2.25. The number of benzene rings is 2. The van der Waals surface area contributed by atoms with E-state index in [0.717, 1.165) is 10.5 Å². The fourth-order valence-electron chi connectivity index (χ4n) is 1.67. The predicted molar refractivity (Wildman–Crippen MR) is 87.8 cm³/mol. The Kier molecular flexibility index (Phi) is 5.31. The maximum absolute atomic E-state index is 13.1. The number of amides is 1. The lowest BCUT2D eigenvalue weighted by Crippen LogP contribution is -2.13. The molecular formula is C16H9BrClFN2O. The number of rotatable bonds is 3. The SMILES string of the molecule is N#CC(=Cc1ccccc1Br)C(=O)Nc1ccc(F)c(Cl)c1. The number of nitrogens with zero attached hydrogens (tertiary/aromatic N) is 1. The monoisotopic (exact) mass is 378 g/mol. The first-order chi connectivity index (χ1) is 10.5. The van der Waals surface area contributed by atoms with Gasteiger partial charge in [0.25, 0.3) is 5.91 Å². The molecule has 3 nitrogen and oxygen atoms in total. The Balaban J connectivity index is 2.24. The number of nitriles is 1. The van der Waals surface area contributed by atoms with E-state index in [1.165, 1.54) is 18.2 Å². The molecule has 0 aromatic heterocycles. The highest BCUT2D eigenvalue weighted by Gasteiger charge is 2.11. The molecule has 0 aliphatic rings. The van der Waals surface area contributed by atoms with Gasteiger partial charge in [-0.25, -0.2) is 4.39 Å². The Morgan fingerprint density at radius 3 is 2.68 bits per heavy atom. The topological polar surface area (TPSA) is 52.9 Å². The number of anilines is 1. The van der Waals surface area contributed by atoms with Crippen LogP contribution in [0.25, 0.3) is 6.08 Å². The number of hydrogen-bond donors (Lipinski definition) is 1. The van der Waals surface area contributed by atoms with Gasteiger partial charge in [0, 0.05) is 10.2 Å². The average Bonchev–Trinajstić information content (AvgIpc) is 2.50. The van der Waals surface area contributed by atoms with Crippen LogP contribution in [0.3, 0.4) is 0 Å². The molecule has 0 spiro atoms. The van der Waals surface area contributed by atoms with Gasteiger partial charge >= 0.3 is 0 Å². The second kappa shape index (κ2) is 7.21. The molecule has 0 aliphatic carbocycles. The van der Waals surface area contributed by atoms with Crippen molar-refractivity contribution in [3.63, 3.8) is 0 Å². The van der Waals surface area contributed by atoms with E-state index in [4.69, 9.17) is 16.9 Å². The van der Waals surface area contributed by atoms with Gasteiger partial charge in [-0.3, -0.25) is 4.79 Å². The molecule has 0 saturated carbocycles. The van der Waals surface area contributed by atoms with Crippen molar-refractivity contribution in [2.45, 2.75) is 0 Å². The van der Waals surface area contributed by atoms with Crippen LogP contribution in [0.15, 0.2) is 52.5 Å². The highest BCUT2D eigenvalue weighted by atomic mass is 79.9. The standard InChI is InChI=1S/C16H9BrClFN2O/c17-13-4-2-1-3-10(13)7-11(9-20)16(22)21-12-5-6-15(19)14(18)8-12/h1-8H,(H,21,22). The second-order valence-electron chi connectivity index (χ2n) is 4.27. The number of hydrogen-bond acceptors (Lipinski definition) is 2. The van der Waals surface area contributed by atoms with E-state index >= 15 is 0 Å². The first-order valence-corrected chi connectivity index (χ1v) is 7.31. The molecule has 0 bridgehead atoms. The normalized spacial score (nSPS) is 10.9. The smallest absolute Gasteiger partial charge is 0.266 e. The molecule has 0 saturated heterocycles. The van der Waals surface area contributed by atoms with Crippen LogP contribution in [0.2, 0.25) is 5.02 Å². The van der Waals surface area contributed by atoms with Crippen molar-refractivity contribution >= 4 is 45.2 Å². The summed E-state index contributed by atoms with van der Waals surface area (Å²) < 4.78 is 13.8. The predicted octanol–water partition coefficient (Wildman–Crippen LogP) is 4.79. The third-order valence-electron chi connectivity index (χ3n) is 2.75. The summed E-state index contributed by atoms with van der Waals surface area (Å²) in [6, 6.07) is 12.8. The van der Waals surface area contributed by atoms with Gasteiger partial charge in [-0.05, 0) is 35.9 Å². The Morgan fingerprint density at radius 1 is 1.32 bits per heavy atom. The molecule has 22 heavy (non-hydrogen) atoms. The lowest BCUT2D eigenvalue weighted by atomic mass is 10.1. The maximum atomic E-state index is 13.1. The van der Waals surface area contributed by atoms with Crippen LogP contribution in [-0.4, -0.2) is 5.91 Å². The zero-order chi connectivity index (χ0) is 16.1. The molecule has 2 aromatic carbocycles. The molecule has 0 unspecified atom stereocenters. The Bertz CT molecular complexity index is 799. The van der Waals surface area contributed by atoms with Crippen LogP contribution in [0.4, 0.5) is 10.1 Å². The van der Waals surface area contributed by atoms with Crippen molar-refractivity contribution in [1.29, 1.82) is 5.26 Å². The first kappa shape index (κ1) is 16.2. The third kappa shape index (κ3) is 3.94. The Morgan fingerprint density at radius 2 is 2.05 bits per heavy atom. The van der Waals surface area contributed by atoms with Gasteiger partial charge in [-0.1, -0.05) is 45.7 Å². The van der Waals surface area contributed by atoms with Crippen LogP contribution >= 0.6 is 27.5 Å². The van der Waals surface area contributed by atoms with Crippen LogP contribution in [0, 0.1) is 17.1 Å². The zero-order valence-corrected chi connectivity index (χ0v) is 13.5. The van der Waals surface area contributed by atoms with Crippen molar-refractivity contribution < 1.29 is 9.18 Å². The number of nitrogens with one attached hydrogen (secondary N) is 1. The van der Waals surface area contributed by atoms with E-state index in [1.54, 1.807) is 18.2 Å². The maximum Gasteiger partial charge on any atom is 0.266 e. The summed E-state index contributed by atoms with van der Waals surface area (Å²) in [6.45, 7) is 0. The molecule has 1 N–H and O–H groups in total.